The van der Waals surface area contributed by atoms with Crippen LogP contribution >= 0.6 is 0 Å². The molecule has 132 valence electrons. The van der Waals surface area contributed by atoms with Crippen LogP contribution in [0.4, 0.5) is 0 Å². The number of hydrogen-bond donors (Lipinski definition) is 0. The molecule has 1 spiro atoms. The zero-order valence-corrected chi connectivity index (χ0v) is 17.1. The van der Waals surface area contributed by atoms with Gasteiger partial charge in [0, 0.05) is 0 Å². The third kappa shape index (κ3) is 0.641. The van der Waals surface area contributed by atoms with E-state index in [4.69, 9.17) is 0 Å². The molecule has 0 amide bonds. The lowest BCUT2D eigenvalue weighted by atomic mass is 9.32. The fourth-order valence-corrected chi connectivity index (χ4v) is 14.6. The maximum absolute atomic E-state index is 2.85. The molecule has 12 atom stereocenters. The average molecular weight is 325 g/mol. The van der Waals surface area contributed by atoms with Crippen LogP contribution in [0.2, 0.25) is 0 Å². The van der Waals surface area contributed by atoms with Gasteiger partial charge in [-0.1, -0.05) is 55.4 Å². The molecule has 0 radical (unpaired) electrons. The summed E-state index contributed by atoms with van der Waals surface area (Å²) in [6.45, 7) is 22.2. The molecule has 8 fully saturated rings. The fourth-order valence-electron chi connectivity index (χ4n) is 14.6. The van der Waals surface area contributed by atoms with Crippen LogP contribution in [-0.2, 0) is 0 Å². The molecule has 0 heteroatoms. The highest BCUT2D eigenvalue weighted by Crippen LogP contribution is 3.10. The van der Waals surface area contributed by atoms with Crippen LogP contribution < -0.4 is 0 Å². The largest absolute Gasteiger partial charge is 0.0617 e. The van der Waals surface area contributed by atoms with Gasteiger partial charge in [-0.3, -0.25) is 0 Å². The van der Waals surface area contributed by atoms with Gasteiger partial charge in [0.15, 0.2) is 0 Å². The normalized spacial score (nSPS) is 83.0. The van der Waals surface area contributed by atoms with Gasteiger partial charge >= 0.3 is 0 Å². The lowest BCUT2D eigenvalue weighted by Gasteiger charge is -2.72. The SMILES string of the molecule is CC1C2CC3C4CC5(C)C6CC7(C)C1(C)C(C)(C26)C45C7(C)C3(C)C. The first-order valence-electron chi connectivity index (χ1n) is 10.9. The Bertz CT molecular complexity index is 749. The molecule has 0 saturated heterocycles. The van der Waals surface area contributed by atoms with Crippen LogP contribution in [0.1, 0.15) is 74.7 Å². The maximum atomic E-state index is 2.85. The van der Waals surface area contributed by atoms with Gasteiger partial charge in [0.1, 0.15) is 0 Å². The first-order valence-corrected chi connectivity index (χ1v) is 10.9. The van der Waals surface area contributed by atoms with Crippen molar-refractivity contribution in [3.05, 3.63) is 0 Å². The summed E-state index contributed by atoms with van der Waals surface area (Å²) < 4.78 is 0. The molecule has 24 heavy (non-hydrogen) atoms. The van der Waals surface area contributed by atoms with Crippen molar-refractivity contribution in [3.8, 4) is 0 Å². The second-order valence-electron chi connectivity index (χ2n) is 13.3. The van der Waals surface area contributed by atoms with Gasteiger partial charge in [0.05, 0.1) is 0 Å². The van der Waals surface area contributed by atoms with Crippen LogP contribution in [0.3, 0.4) is 0 Å². The molecule has 0 aromatic rings. The highest BCUT2D eigenvalue weighted by atomic mass is 15.1. The summed E-state index contributed by atoms with van der Waals surface area (Å²) in [5.74, 6) is 6.16. The van der Waals surface area contributed by atoms with Crippen molar-refractivity contribution in [2.24, 2.45) is 73.4 Å². The summed E-state index contributed by atoms with van der Waals surface area (Å²) in [5, 5.41) is 0. The molecule has 8 rings (SSSR count). The first kappa shape index (κ1) is 14.1. The highest BCUT2D eigenvalue weighted by Gasteiger charge is 3.05. The van der Waals surface area contributed by atoms with Crippen molar-refractivity contribution in [2.45, 2.75) is 74.7 Å². The van der Waals surface area contributed by atoms with Crippen molar-refractivity contribution >= 4 is 0 Å². The fraction of sp³-hybridized carbons (Fsp3) is 1.00. The monoisotopic (exact) mass is 324 g/mol. The Morgan fingerprint density at radius 1 is 0.750 bits per heavy atom. The Morgan fingerprint density at radius 2 is 1.42 bits per heavy atom. The molecule has 8 aliphatic carbocycles. The van der Waals surface area contributed by atoms with E-state index in [1.807, 2.05) is 0 Å². The first-order chi connectivity index (χ1) is 10.9. The van der Waals surface area contributed by atoms with E-state index in [-0.39, 0.29) is 0 Å². The van der Waals surface area contributed by atoms with E-state index in [0.29, 0.717) is 37.9 Å². The van der Waals surface area contributed by atoms with Gasteiger partial charge in [-0.25, -0.2) is 0 Å². The van der Waals surface area contributed by atoms with Crippen molar-refractivity contribution in [1.29, 1.82) is 0 Å². The lowest BCUT2D eigenvalue weighted by molar-refractivity contribution is -0.251. The molecular weight excluding hydrogens is 288 g/mol. The van der Waals surface area contributed by atoms with Crippen LogP contribution in [0.5, 0.6) is 0 Å². The van der Waals surface area contributed by atoms with Crippen LogP contribution in [0, 0.1) is 73.4 Å². The van der Waals surface area contributed by atoms with Gasteiger partial charge in [0.25, 0.3) is 0 Å². The predicted octanol–water partition coefficient (Wildman–Crippen LogP) is 6.01. The maximum Gasteiger partial charge on any atom is -0.00828 e. The molecule has 0 N–H and O–H groups in total. The summed E-state index contributed by atoms with van der Waals surface area (Å²) in [4.78, 5) is 0. The van der Waals surface area contributed by atoms with Crippen LogP contribution in [0.25, 0.3) is 0 Å². The van der Waals surface area contributed by atoms with E-state index < -0.39 is 0 Å². The van der Waals surface area contributed by atoms with Crippen molar-refractivity contribution in [2.75, 3.05) is 0 Å². The van der Waals surface area contributed by atoms with Gasteiger partial charge < -0.3 is 0 Å². The summed E-state index contributed by atoms with van der Waals surface area (Å²) in [6.07, 6.45) is 4.72. The highest BCUT2D eigenvalue weighted by molar-refractivity contribution is 5.52. The third-order valence-corrected chi connectivity index (χ3v) is 14.8. The predicted molar refractivity (Wildman–Crippen MR) is 97.2 cm³/mol. The van der Waals surface area contributed by atoms with E-state index >= 15 is 0 Å². The summed E-state index contributed by atoms with van der Waals surface area (Å²) in [6, 6.07) is 0. The Hall–Kier alpha value is 0. The van der Waals surface area contributed by atoms with Gasteiger partial charge in [0.2, 0.25) is 0 Å². The molecule has 0 aromatic heterocycles. The Balaban J connectivity index is 1.76. The van der Waals surface area contributed by atoms with E-state index in [9.17, 15) is 0 Å². The van der Waals surface area contributed by atoms with Crippen LogP contribution in [0.15, 0.2) is 0 Å². The molecular formula is C24H36. The molecule has 0 nitrogen and oxygen atoms in total. The Morgan fingerprint density at radius 3 is 2.08 bits per heavy atom. The molecule has 8 aliphatic rings. The minimum atomic E-state index is 0.530. The molecule has 8 saturated carbocycles. The van der Waals surface area contributed by atoms with Crippen molar-refractivity contribution in [3.63, 3.8) is 0 Å². The summed E-state index contributed by atoms with van der Waals surface area (Å²) in [7, 11) is 0. The van der Waals surface area contributed by atoms with Crippen molar-refractivity contribution < 1.29 is 0 Å². The zero-order valence-electron chi connectivity index (χ0n) is 17.1. The molecule has 0 aliphatic heterocycles. The molecule has 0 aromatic carbocycles. The topological polar surface area (TPSA) is 0 Å². The second kappa shape index (κ2) is 2.80. The summed E-state index contributed by atoms with van der Waals surface area (Å²) in [5.41, 5.74) is 4.16. The van der Waals surface area contributed by atoms with Gasteiger partial charge in [-0.05, 0) is 92.7 Å². The van der Waals surface area contributed by atoms with E-state index in [1.54, 1.807) is 19.3 Å². The second-order valence-corrected chi connectivity index (χ2v) is 13.3. The average Bonchev–Trinajstić information content (AvgIpc) is 2.74. The quantitative estimate of drug-likeness (QED) is 0.511. The minimum absolute atomic E-state index is 0.530. The van der Waals surface area contributed by atoms with E-state index in [0.717, 1.165) is 35.5 Å². The van der Waals surface area contributed by atoms with Crippen molar-refractivity contribution in [1.82, 2.24) is 0 Å². The zero-order chi connectivity index (χ0) is 17.1. The van der Waals surface area contributed by atoms with E-state index in [1.165, 1.54) is 0 Å². The van der Waals surface area contributed by atoms with Gasteiger partial charge in [-0.15, -0.1) is 0 Å². The number of hydrogen-bond acceptors (Lipinski definition) is 0. The Kier molecular flexibility index (Phi) is 1.65. The molecule has 12 unspecified atom stereocenters. The number of rotatable bonds is 0. The third-order valence-electron chi connectivity index (χ3n) is 14.8. The summed E-state index contributed by atoms with van der Waals surface area (Å²) >= 11 is 0. The lowest BCUT2D eigenvalue weighted by Crippen LogP contribution is -2.67. The van der Waals surface area contributed by atoms with Crippen LogP contribution in [-0.4, -0.2) is 0 Å². The van der Waals surface area contributed by atoms with E-state index in [2.05, 4.69) is 55.4 Å². The Labute approximate surface area is 148 Å². The standard InChI is InChI=1S/C24H36/c1-12-13-9-14-15-10-19(4)16-11-20(5)21(12,6)22(7,17(13)16)24(15,19)23(20,8)18(14,2)3/h12-17H,9-11H2,1-8H3. The van der Waals surface area contributed by atoms with Gasteiger partial charge in [-0.2, -0.15) is 0 Å². The molecule has 0 heterocycles. The molecule has 8 bridgehead atoms. The minimum Gasteiger partial charge on any atom is -0.0617 e. The smallest absolute Gasteiger partial charge is 0.00828 e.